The van der Waals surface area contributed by atoms with Gasteiger partial charge in [-0.1, -0.05) is 26.7 Å². The second kappa shape index (κ2) is 10.4. The Hall–Kier alpha value is -2.64. The number of nitrogens with zero attached hydrogens (tertiary/aromatic N) is 4. The van der Waals surface area contributed by atoms with Gasteiger partial charge in [0, 0.05) is 7.05 Å². The summed E-state index contributed by atoms with van der Waals surface area (Å²) in [6, 6.07) is 0. The van der Waals surface area contributed by atoms with Crippen LogP contribution in [0, 0.1) is 12.8 Å². The summed E-state index contributed by atoms with van der Waals surface area (Å²) >= 11 is 0. The zero-order valence-electron chi connectivity index (χ0n) is 18.5. The fourth-order valence-electron chi connectivity index (χ4n) is 3.47. The molecule has 1 saturated carbocycles. The zero-order valence-corrected chi connectivity index (χ0v) is 18.5. The van der Waals surface area contributed by atoms with Gasteiger partial charge in [-0.15, -0.1) is 0 Å². The lowest BCUT2D eigenvalue weighted by atomic mass is 9.98. The van der Waals surface area contributed by atoms with Crippen molar-refractivity contribution in [2.24, 2.45) is 13.0 Å². The normalized spacial score (nSPS) is 15.6. The minimum atomic E-state index is -0.434. The van der Waals surface area contributed by atoms with Gasteiger partial charge in [0.2, 0.25) is 0 Å². The van der Waals surface area contributed by atoms with E-state index >= 15 is 0 Å². The first-order valence-electron chi connectivity index (χ1n) is 10.9. The third kappa shape index (κ3) is 5.70. The highest BCUT2D eigenvalue weighted by molar-refractivity contribution is 5.68. The Bertz CT molecular complexity index is 845. The maximum Gasteiger partial charge on any atom is 0.407 e. The zero-order chi connectivity index (χ0) is 21.5. The first-order valence-corrected chi connectivity index (χ1v) is 10.9. The number of carbonyl (C=O) groups is 1. The van der Waals surface area contributed by atoms with E-state index in [1.54, 1.807) is 17.1 Å². The molecule has 1 atom stereocenters. The molecule has 1 N–H and O–H groups in total. The summed E-state index contributed by atoms with van der Waals surface area (Å²) in [6.07, 6.45) is 10.2. The number of alkyl carbamates (subject to hydrolysis) is 1. The van der Waals surface area contributed by atoms with Crippen LogP contribution in [0.4, 0.5) is 4.79 Å². The van der Waals surface area contributed by atoms with Crippen LogP contribution in [0.15, 0.2) is 12.4 Å². The molecule has 2 heterocycles. The average molecular weight is 416 g/mol. The average Bonchev–Trinajstić information content (AvgIpc) is 3.13. The van der Waals surface area contributed by atoms with E-state index in [9.17, 15) is 4.79 Å². The Morgan fingerprint density at radius 2 is 2.07 bits per heavy atom. The van der Waals surface area contributed by atoms with Crippen molar-refractivity contribution >= 4 is 6.09 Å². The van der Waals surface area contributed by atoms with Crippen molar-refractivity contribution in [3.8, 4) is 17.1 Å². The molecule has 0 unspecified atom stereocenters. The van der Waals surface area contributed by atoms with E-state index in [1.807, 2.05) is 20.9 Å². The first kappa shape index (κ1) is 22.1. The fraction of sp³-hybridized carbons (Fsp3) is 0.636. The molecule has 8 heteroatoms. The van der Waals surface area contributed by atoms with Crippen LogP contribution < -0.4 is 10.1 Å². The van der Waals surface area contributed by atoms with Crippen LogP contribution >= 0.6 is 0 Å². The lowest BCUT2D eigenvalue weighted by Gasteiger charge is -2.23. The molecular weight excluding hydrogens is 382 g/mol. The second-order valence-electron chi connectivity index (χ2n) is 8.12. The summed E-state index contributed by atoms with van der Waals surface area (Å²) in [7, 11) is 1.83. The smallest absolute Gasteiger partial charge is 0.407 e. The van der Waals surface area contributed by atoms with Crippen molar-refractivity contribution in [2.75, 3.05) is 6.61 Å². The summed E-state index contributed by atoms with van der Waals surface area (Å²) in [5, 5.41) is 7.11. The van der Waals surface area contributed by atoms with Crippen LogP contribution in [-0.2, 0) is 18.3 Å². The Morgan fingerprint density at radius 3 is 2.77 bits per heavy atom. The molecule has 0 radical (unpaired) electrons. The quantitative estimate of drug-likeness (QED) is 0.696. The van der Waals surface area contributed by atoms with Crippen LogP contribution in [0.25, 0.3) is 11.4 Å². The predicted octanol–water partition coefficient (Wildman–Crippen LogP) is 4.17. The molecule has 1 aliphatic carbocycles. The SMILES string of the molecule is CC[C@H](C)COC(=O)NCc1c(-c2ncc(OC3CCCCC3)c(C)n2)cnn1C. The minimum absolute atomic E-state index is 0.256. The molecule has 2 aromatic rings. The molecule has 1 fully saturated rings. The highest BCUT2D eigenvalue weighted by atomic mass is 16.5. The summed E-state index contributed by atoms with van der Waals surface area (Å²) in [4.78, 5) is 21.2. The van der Waals surface area contributed by atoms with Gasteiger partial charge in [-0.3, -0.25) is 4.68 Å². The van der Waals surface area contributed by atoms with Gasteiger partial charge in [-0.25, -0.2) is 14.8 Å². The third-order valence-electron chi connectivity index (χ3n) is 5.68. The maximum absolute atomic E-state index is 12.0. The fourth-order valence-corrected chi connectivity index (χ4v) is 3.47. The molecule has 1 aliphatic rings. The van der Waals surface area contributed by atoms with Gasteiger partial charge < -0.3 is 14.8 Å². The van der Waals surface area contributed by atoms with E-state index in [2.05, 4.69) is 27.3 Å². The van der Waals surface area contributed by atoms with Crippen molar-refractivity contribution in [3.63, 3.8) is 0 Å². The van der Waals surface area contributed by atoms with Crippen molar-refractivity contribution in [1.29, 1.82) is 0 Å². The van der Waals surface area contributed by atoms with Crippen LogP contribution in [0.2, 0.25) is 0 Å². The molecule has 8 nitrogen and oxygen atoms in total. The number of aromatic nitrogens is 4. The monoisotopic (exact) mass is 415 g/mol. The van der Waals surface area contributed by atoms with E-state index in [0.717, 1.165) is 42.0 Å². The van der Waals surface area contributed by atoms with Crippen LogP contribution in [0.3, 0.4) is 0 Å². The van der Waals surface area contributed by atoms with Gasteiger partial charge in [0.05, 0.1) is 48.6 Å². The molecule has 0 bridgehead atoms. The standard InChI is InChI=1S/C22H33N5O3/c1-5-15(2)14-29-22(28)24-12-19-18(11-25-27(19)4)21-23-13-20(16(3)26-21)30-17-9-7-6-8-10-17/h11,13,15,17H,5-10,12,14H2,1-4H3,(H,24,28)/t15-/m0/s1. The number of rotatable bonds is 8. The van der Waals surface area contributed by atoms with Gasteiger partial charge in [0.15, 0.2) is 11.6 Å². The summed E-state index contributed by atoms with van der Waals surface area (Å²) in [5.41, 5.74) is 2.41. The number of amides is 1. The Morgan fingerprint density at radius 1 is 1.30 bits per heavy atom. The molecule has 0 spiro atoms. The Kier molecular flexibility index (Phi) is 7.65. The first-order chi connectivity index (χ1) is 14.5. The molecule has 1 amide bonds. The molecule has 3 rings (SSSR count). The van der Waals surface area contributed by atoms with Gasteiger partial charge in [0.1, 0.15) is 0 Å². The highest BCUT2D eigenvalue weighted by Gasteiger charge is 2.19. The lowest BCUT2D eigenvalue weighted by molar-refractivity contribution is 0.128. The summed E-state index contributed by atoms with van der Waals surface area (Å²) < 4.78 is 13.1. The number of hydrogen-bond donors (Lipinski definition) is 1. The van der Waals surface area contributed by atoms with Gasteiger partial charge in [0.25, 0.3) is 0 Å². The topological polar surface area (TPSA) is 91.2 Å². The number of nitrogens with one attached hydrogen (secondary N) is 1. The van der Waals surface area contributed by atoms with Gasteiger partial charge in [-0.2, -0.15) is 5.10 Å². The summed E-state index contributed by atoms with van der Waals surface area (Å²) in [6.45, 7) is 6.75. The van der Waals surface area contributed by atoms with Crippen molar-refractivity contribution in [3.05, 3.63) is 23.8 Å². The minimum Gasteiger partial charge on any atom is -0.487 e. The van der Waals surface area contributed by atoms with Gasteiger partial charge >= 0.3 is 6.09 Å². The number of carbonyl (C=O) groups excluding carboxylic acids is 1. The van der Waals surface area contributed by atoms with E-state index in [-0.39, 0.29) is 12.6 Å². The number of ether oxygens (including phenoxy) is 2. The van der Waals surface area contributed by atoms with E-state index in [0.29, 0.717) is 18.3 Å². The third-order valence-corrected chi connectivity index (χ3v) is 5.68. The Balaban J connectivity index is 1.66. The second-order valence-corrected chi connectivity index (χ2v) is 8.12. The van der Waals surface area contributed by atoms with Crippen molar-refractivity contribution < 1.29 is 14.3 Å². The molecular formula is C22H33N5O3. The molecule has 2 aromatic heterocycles. The van der Waals surface area contributed by atoms with Crippen LogP contribution in [0.1, 0.15) is 63.8 Å². The number of aryl methyl sites for hydroxylation is 2. The van der Waals surface area contributed by atoms with Crippen molar-refractivity contribution in [1.82, 2.24) is 25.1 Å². The predicted molar refractivity (Wildman–Crippen MR) is 114 cm³/mol. The molecule has 0 saturated heterocycles. The van der Waals surface area contributed by atoms with Gasteiger partial charge in [-0.05, 0) is 38.5 Å². The van der Waals surface area contributed by atoms with E-state index in [1.165, 1.54) is 19.3 Å². The highest BCUT2D eigenvalue weighted by Crippen LogP contribution is 2.27. The molecule has 164 valence electrons. The number of hydrogen-bond acceptors (Lipinski definition) is 6. The summed E-state index contributed by atoms with van der Waals surface area (Å²) in [5.74, 6) is 1.65. The lowest BCUT2D eigenvalue weighted by Crippen LogP contribution is -2.26. The molecule has 30 heavy (non-hydrogen) atoms. The largest absolute Gasteiger partial charge is 0.487 e. The molecule has 0 aliphatic heterocycles. The van der Waals surface area contributed by atoms with E-state index in [4.69, 9.17) is 9.47 Å². The van der Waals surface area contributed by atoms with Crippen LogP contribution in [-0.4, -0.2) is 38.6 Å². The molecule has 0 aromatic carbocycles. The van der Waals surface area contributed by atoms with Crippen molar-refractivity contribution in [2.45, 2.75) is 71.9 Å². The Labute approximate surface area is 178 Å². The van der Waals surface area contributed by atoms with Crippen LogP contribution in [0.5, 0.6) is 5.75 Å². The maximum atomic E-state index is 12.0. The van der Waals surface area contributed by atoms with E-state index < -0.39 is 6.09 Å².